The minimum atomic E-state index is -0.0981. The Hall–Kier alpha value is -0.500. The van der Waals surface area contributed by atoms with E-state index >= 15 is 0 Å². The molecule has 0 N–H and O–H groups in total. The van der Waals surface area contributed by atoms with Crippen molar-refractivity contribution in [1.82, 2.24) is 0 Å². The van der Waals surface area contributed by atoms with Crippen molar-refractivity contribution in [1.29, 1.82) is 0 Å². The molecule has 1 unspecified atom stereocenters. The fraction of sp³-hybridized carbons (Fsp3) is 0.286. The smallest absolute Gasteiger partial charge is 0.0930 e. The van der Waals surface area contributed by atoms with Crippen LogP contribution in [0.4, 0.5) is 0 Å². The van der Waals surface area contributed by atoms with Crippen LogP contribution in [-0.2, 0) is 6.42 Å². The molecule has 0 radical (unpaired) electrons. The second kappa shape index (κ2) is 5.43. The van der Waals surface area contributed by atoms with Gasteiger partial charge in [0.15, 0.2) is 0 Å². The van der Waals surface area contributed by atoms with Crippen molar-refractivity contribution in [3.63, 3.8) is 0 Å². The third-order valence-corrected chi connectivity index (χ3v) is 5.17. The Balaban J connectivity index is 2.36. The van der Waals surface area contributed by atoms with Gasteiger partial charge in [-0.3, -0.25) is 0 Å². The molecule has 0 fully saturated rings. The topological polar surface area (TPSA) is 0 Å². The summed E-state index contributed by atoms with van der Waals surface area (Å²) in [6.07, 6.45) is 1.06. The zero-order valence-corrected chi connectivity index (χ0v) is 12.2. The summed E-state index contributed by atoms with van der Waals surface area (Å²) in [6, 6.07) is 10.2. The van der Waals surface area contributed by atoms with E-state index in [0.717, 1.165) is 22.6 Å². The lowest BCUT2D eigenvalue weighted by molar-refractivity contribution is 1.15. The Morgan fingerprint density at radius 3 is 2.65 bits per heavy atom. The summed E-state index contributed by atoms with van der Waals surface area (Å²) >= 11 is 14.4. The Labute approximate surface area is 116 Å². The molecule has 3 heteroatoms. The molecular weight excluding hydrogens is 271 g/mol. The second-order valence-corrected chi connectivity index (χ2v) is 6.02. The maximum Gasteiger partial charge on any atom is 0.0930 e. The Kier molecular flexibility index (Phi) is 4.13. The van der Waals surface area contributed by atoms with Crippen molar-refractivity contribution in [2.45, 2.75) is 25.6 Å². The summed E-state index contributed by atoms with van der Waals surface area (Å²) in [4.78, 5) is 2.55. The van der Waals surface area contributed by atoms with Crippen LogP contribution in [0.2, 0.25) is 5.02 Å². The van der Waals surface area contributed by atoms with Gasteiger partial charge >= 0.3 is 0 Å². The van der Waals surface area contributed by atoms with E-state index in [1.165, 1.54) is 9.75 Å². The molecule has 2 aromatic rings. The van der Waals surface area contributed by atoms with E-state index in [4.69, 9.17) is 23.2 Å². The first-order valence-corrected chi connectivity index (χ1v) is 7.24. The standard InChI is InChI=1S/C14H14Cl2S/c1-3-10-7-8-13(17-10)14(16)11-5-4-6-12(15)9(11)2/h4-8,14H,3H2,1-2H3. The van der Waals surface area contributed by atoms with E-state index in [1.54, 1.807) is 11.3 Å². The number of rotatable bonds is 3. The molecule has 0 saturated heterocycles. The van der Waals surface area contributed by atoms with Crippen molar-refractivity contribution < 1.29 is 0 Å². The predicted molar refractivity (Wildman–Crippen MR) is 77.6 cm³/mol. The Morgan fingerprint density at radius 2 is 2.00 bits per heavy atom. The number of halogens is 2. The van der Waals surface area contributed by atoms with Gasteiger partial charge in [-0.25, -0.2) is 0 Å². The van der Waals surface area contributed by atoms with Crippen LogP contribution in [0.3, 0.4) is 0 Å². The average Bonchev–Trinajstić information content (AvgIpc) is 2.80. The van der Waals surface area contributed by atoms with Crippen LogP contribution in [0.1, 0.15) is 33.2 Å². The van der Waals surface area contributed by atoms with Gasteiger partial charge in [-0.2, -0.15) is 0 Å². The Bertz CT molecular complexity index is 517. The summed E-state index contributed by atoms with van der Waals surface area (Å²) in [5.74, 6) is 0. The lowest BCUT2D eigenvalue weighted by atomic mass is 10.0. The average molecular weight is 285 g/mol. The molecule has 0 aliphatic heterocycles. The van der Waals surface area contributed by atoms with Gasteiger partial charge in [-0.1, -0.05) is 30.7 Å². The number of thiophene rings is 1. The van der Waals surface area contributed by atoms with E-state index in [-0.39, 0.29) is 5.38 Å². The fourth-order valence-corrected chi connectivity index (χ4v) is 3.35. The molecule has 1 atom stereocenters. The lowest BCUT2D eigenvalue weighted by Crippen LogP contribution is -1.94. The third-order valence-electron chi connectivity index (χ3n) is 2.86. The first-order chi connectivity index (χ1) is 8.13. The van der Waals surface area contributed by atoms with Gasteiger partial charge in [0.05, 0.1) is 5.38 Å². The van der Waals surface area contributed by atoms with Gasteiger partial charge < -0.3 is 0 Å². The quantitative estimate of drug-likeness (QED) is 0.644. The molecule has 0 amide bonds. The molecular formula is C14H14Cl2S. The van der Waals surface area contributed by atoms with Gasteiger partial charge in [0.2, 0.25) is 0 Å². The van der Waals surface area contributed by atoms with Crippen LogP contribution < -0.4 is 0 Å². The number of hydrogen-bond acceptors (Lipinski definition) is 1. The van der Waals surface area contributed by atoms with E-state index in [2.05, 4.69) is 19.1 Å². The normalized spacial score (nSPS) is 12.7. The molecule has 0 aliphatic carbocycles. The maximum absolute atomic E-state index is 6.53. The summed E-state index contributed by atoms with van der Waals surface area (Å²) in [5, 5.41) is 0.680. The van der Waals surface area contributed by atoms with Crippen LogP contribution in [0.5, 0.6) is 0 Å². The number of aryl methyl sites for hydroxylation is 1. The predicted octanol–water partition coefficient (Wildman–Crippen LogP) is 5.60. The minimum Gasteiger partial charge on any atom is -0.143 e. The highest BCUT2D eigenvalue weighted by Gasteiger charge is 2.16. The van der Waals surface area contributed by atoms with Crippen LogP contribution in [-0.4, -0.2) is 0 Å². The van der Waals surface area contributed by atoms with Crippen LogP contribution in [0, 0.1) is 6.92 Å². The van der Waals surface area contributed by atoms with Gasteiger partial charge in [0, 0.05) is 14.8 Å². The number of alkyl halides is 1. The van der Waals surface area contributed by atoms with E-state index in [0.29, 0.717) is 0 Å². The number of hydrogen-bond donors (Lipinski definition) is 0. The van der Waals surface area contributed by atoms with Gasteiger partial charge in [-0.15, -0.1) is 22.9 Å². The van der Waals surface area contributed by atoms with Gasteiger partial charge in [-0.05, 0) is 42.7 Å². The van der Waals surface area contributed by atoms with Gasteiger partial charge in [0.25, 0.3) is 0 Å². The summed E-state index contributed by atoms with van der Waals surface area (Å²) in [6.45, 7) is 4.17. The van der Waals surface area contributed by atoms with Crippen molar-refractivity contribution in [3.05, 3.63) is 56.2 Å². The first-order valence-electron chi connectivity index (χ1n) is 5.61. The largest absolute Gasteiger partial charge is 0.143 e. The summed E-state index contributed by atoms with van der Waals surface area (Å²) in [5.41, 5.74) is 2.17. The summed E-state index contributed by atoms with van der Waals surface area (Å²) in [7, 11) is 0. The lowest BCUT2D eigenvalue weighted by Gasteiger charge is -2.12. The van der Waals surface area contributed by atoms with Gasteiger partial charge in [0.1, 0.15) is 0 Å². The SMILES string of the molecule is CCc1ccc(C(Cl)c2cccc(Cl)c2C)s1. The summed E-state index contributed by atoms with van der Waals surface area (Å²) < 4.78 is 0. The van der Waals surface area contributed by atoms with Crippen molar-refractivity contribution in [3.8, 4) is 0 Å². The van der Waals surface area contributed by atoms with E-state index in [1.807, 2.05) is 25.1 Å². The van der Waals surface area contributed by atoms with Crippen LogP contribution in [0.15, 0.2) is 30.3 Å². The highest BCUT2D eigenvalue weighted by Crippen LogP contribution is 2.36. The molecule has 1 aromatic heterocycles. The number of benzene rings is 1. The Morgan fingerprint density at radius 1 is 1.24 bits per heavy atom. The first kappa shape index (κ1) is 12.9. The van der Waals surface area contributed by atoms with Crippen molar-refractivity contribution >= 4 is 34.5 Å². The fourth-order valence-electron chi connectivity index (χ4n) is 1.77. The zero-order chi connectivity index (χ0) is 12.4. The van der Waals surface area contributed by atoms with E-state index in [9.17, 15) is 0 Å². The third kappa shape index (κ3) is 2.67. The highest BCUT2D eigenvalue weighted by molar-refractivity contribution is 7.12. The maximum atomic E-state index is 6.53. The molecule has 1 aromatic carbocycles. The van der Waals surface area contributed by atoms with Crippen molar-refractivity contribution in [2.24, 2.45) is 0 Å². The van der Waals surface area contributed by atoms with Crippen LogP contribution in [0.25, 0.3) is 0 Å². The molecule has 0 saturated carbocycles. The molecule has 0 spiro atoms. The molecule has 2 rings (SSSR count). The molecule has 90 valence electrons. The molecule has 17 heavy (non-hydrogen) atoms. The molecule has 1 heterocycles. The highest BCUT2D eigenvalue weighted by atomic mass is 35.5. The monoisotopic (exact) mass is 284 g/mol. The second-order valence-electron chi connectivity index (χ2n) is 3.97. The molecule has 0 bridgehead atoms. The minimum absolute atomic E-state index is 0.0981. The van der Waals surface area contributed by atoms with Crippen molar-refractivity contribution in [2.75, 3.05) is 0 Å². The molecule has 0 nitrogen and oxygen atoms in total. The zero-order valence-electron chi connectivity index (χ0n) is 9.84. The molecule has 0 aliphatic rings. The van der Waals surface area contributed by atoms with Crippen LogP contribution >= 0.6 is 34.5 Å². The van der Waals surface area contributed by atoms with E-state index < -0.39 is 0 Å².